The van der Waals surface area contributed by atoms with Gasteiger partial charge in [-0.2, -0.15) is 0 Å². The minimum atomic E-state index is -0.498. The van der Waals surface area contributed by atoms with Gasteiger partial charge >= 0.3 is 6.09 Å². The van der Waals surface area contributed by atoms with Crippen LogP contribution in [0.15, 0.2) is 0 Å². The maximum Gasteiger partial charge on any atom is 0.410 e. The lowest BCUT2D eigenvalue weighted by atomic mass is 10.2. The van der Waals surface area contributed by atoms with Gasteiger partial charge < -0.3 is 19.6 Å². The maximum absolute atomic E-state index is 12.3. The number of carbonyl (C=O) groups is 1. The molecule has 0 bridgehead atoms. The molecule has 1 amide bonds. The lowest BCUT2D eigenvalue weighted by Crippen LogP contribution is -2.47. The van der Waals surface area contributed by atoms with E-state index in [9.17, 15) is 9.90 Å². The van der Waals surface area contributed by atoms with Gasteiger partial charge in [0.15, 0.2) is 0 Å². The van der Waals surface area contributed by atoms with Crippen molar-refractivity contribution in [2.45, 2.75) is 51.2 Å². The van der Waals surface area contributed by atoms with Crippen LogP contribution in [0.2, 0.25) is 0 Å². The van der Waals surface area contributed by atoms with Gasteiger partial charge in [-0.1, -0.05) is 0 Å². The van der Waals surface area contributed by atoms with Crippen molar-refractivity contribution in [3.05, 3.63) is 0 Å². The van der Waals surface area contributed by atoms with Gasteiger partial charge in [0, 0.05) is 6.54 Å². The number of ether oxygens (including phenoxy) is 1. The van der Waals surface area contributed by atoms with Crippen molar-refractivity contribution in [2.75, 3.05) is 33.8 Å². The smallest absolute Gasteiger partial charge is 0.410 e. The molecule has 0 aliphatic heterocycles. The fourth-order valence-corrected chi connectivity index (χ4v) is 2.04. The molecular weight excluding hydrogens is 244 g/mol. The van der Waals surface area contributed by atoms with Gasteiger partial charge in [-0.15, -0.1) is 0 Å². The van der Waals surface area contributed by atoms with Gasteiger partial charge in [0.25, 0.3) is 0 Å². The highest BCUT2D eigenvalue weighted by molar-refractivity contribution is 5.70. The largest absolute Gasteiger partial charge is 0.444 e. The van der Waals surface area contributed by atoms with E-state index >= 15 is 0 Å². The second-order valence-electron chi connectivity index (χ2n) is 6.67. The SMILES string of the molecule is CN(C)CCCN(C(=O)OC(C)(C)C)C1(CO)CC1. The molecule has 0 aromatic carbocycles. The Morgan fingerprint density at radius 3 is 2.21 bits per heavy atom. The highest BCUT2D eigenvalue weighted by Gasteiger charge is 2.50. The van der Waals surface area contributed by atoms with E-state index in [2.05, 4.69) is 4.90 Å². The van der Waals surface area contributed by atoms with Crippen LogP contribution >= 0.6 is 0 Å². The summed E-state index contributed by atoms with van der Waals surface area (Å²) in [5, 5.41) is 9.52. The predicted octanol–water partition coefficient (Wildman–Crippen LogP) is 1.70. The number of aliphatic hydroxyl groups excluding tert-OH is 1. The number of aliphatic hydroxyl groups is 1. The van der Waals surface area contributed by atoms with Crippen LogP contribution in [0.5, 0.6) is 0 Å². The molecule has 1 fully saturated rings. The minimum absolute atomic E-state index is 0.0220. The van der Waals surface area contributed by atoms with E-state index in [0.29, 0.717) is 6.54 Å². The molecule has 1 N–H and O–H groups in total. The van der Waals surface area contributed by atoms with E-state index in [1.165, 1.54) is 0 Å². The molecule has 1 aliphatic carbocycles. The quantitative estimate of drug-likeness (QED) is 0.799. The molecule has 1 aliphatic rings. The van der Waals surface area contributed by atoms with Crippen LogP contribution in [-0.2, 0) is 4.74 Å². The van der Waals surface area contributed by atoms with Gasteiger partial charge in [-0.3, -0.25) is 0 Å². The summed E-state index contributed by atoms with van der Waals surface area (Å²) in [5.74, 6) is 0. The number of hydrogen-bond acceptors (Lipinski definition) is 4. The number of carbonyl (C=O) groups excluding carboxylic acids is 1. The molecule has 0 aromatic heterocycles. The van der Waals surface area contributed by atoms with Crippen LogP contribution in [0.3, 0.4) is 0 Å². The van der Waals surface area contributed by atoms with Crippen LogP contribution in [-0.4, -0.2) is 65.9 Å². The lowest BCUT2D eigenvalue weighted by Gasteiger charge is -2.33. The molecule has 5 nitrogen and oxygen atoms in total. The minimum Gasteiger partial charge on any atom is -0.444 e. The molecule has 0 spiro atoms. The summed E-state index contributed by atoms with van der Waals surface area (Å²) in [5.41, 5.74) is -0.864. The van der Waals surface area contributed by atoms with Gasteiger partial charge in [0.1, 0.15) is 5.60 Å². The van der Waals surface area contributed by atoms with Crippen molar-refractivity contribution < 1.29 is 14.6 Å². The molecular formula is C14H28N2O3. The lowest BCUT2D eigenvalue weighted by molar-refractivity contribution is 0.00404. The Kier molecular flexibility index (Phi) is 5.21. The Hall–Kier alpha value is -0.810. The molecule has 1 saturated carbocycles. The third kappa shape index (κ3) is 4.99. The van der Waals surface area contributed by atoms with E-state index in [1.807, 2.05) is 34.9 Å². The van der Waals surface area contributed by atoms with Crippen molar-refractivity contribution in [3.8, 4) is 0 Å². The summed E-state index contributed by atoms with van der Waals surface area (Å²) in [4.78, 5) is 16.1. The first kappa shape index (κ1) is 16.2. The fourth-order valence-electron chi connectivity index (χ4n) is 2.04. The molecule has 0 saturated heterocycles. The van der Waals surface area contributed by atoms with Gasteiger partial charge in [0.05, 0.1) is 12.1 Å². The van der Waals surface area contributed by atoms with E-state index < -0.39 is 5.60 Å². The average molecular weight is 272 g/mol. The number of nitrogens with zero attached hydrogens (tertiary/aromatic N) is 2. The van der Waals surface area contributed by atoms with E-state index in [0.717, 1.165) is 25.8 Å². The number of rotatable bonds is 6. The standard InChI is InChI=1S/C14H28N2O3/c1-13(2,3)19-12(18)16(10-6-9-15(4)5)14(11-17)7-8-14/h17H,6-11H2,1-5H3. The summed E-state index contributed by atoms with van der Waals surface area (Å²) in [6.45, 7) is 7.16. The molecule has 19 heavy (non-hydrogen) atoms. The Morgan fingerprint density at radius 1 is 1.26 bits per heavy atom. The first-order valence-corrected chi connectivity index (χ1v) is 6.96. The molecule has 0 radical (unpaired) electrons. The Morgan fingerprint density at radius 2 is 1.84 bits per heavy atom. The van der Waals surface area contributed by atoms with Gasteiger partial charge in [-0.25, -0.2) is 4.79 Å². The first-order valence-electron chi connectivity index (χ1n) is 6.96. The summed E-state index contributed by atoms with van der Waals surface area (Å²) < 4.78 is 5.45. The Bertz CT molecular complexity index is 306. The van der Waals surface area contributed by atoms with Crippen molar-refractivity contribution in [1.29, 1.82) is 0 Å². The second kappa shape index (κ2) is 6.09. The van der Waals surface area contributed by atoms with E-state index in [4.69, 9.17) is 4.74 Å². The zero-order valence-electron chi connectivity index (χ0n) is 12.9. The molecule has 0 unspecified atom stereocenters. The zero-order chi connectivity index (χ0) is 14.7. The molecule has 1 rings (SSSR count). The molecule has 5 heteroatoms. The molecule has 0 atom stereocenters. The summed E-state index contributed by atoms with van der Waals surface area (Å²) in [6, 6.07) is 0. The van der Waals surface area contributed by atoms with Gasteiger partial charge in [0.2, 0.25) is 0 Å². The third-order valence-corrected chi connectivity index (χ3v) is 3.29. The number of hydrogen-bond donors (Lipinski definition) is 1. The highest BCUT2D eigenvalue weighted by atomic mass is 16.6. The topological polar surface area (TPSA) is 53.0 Å². The Balaban J connectivity index is 2.62. The normalized spacial score (nSPS) is 17.4. The van der Waals surface area contributed by atoms with Crippen molar-refractivity contribution in [1.82, 2.24) is 9.80 Å². The fraction of sp³-hybridized carbons (Fsp3) is 0.929. The summed E-state index contributed by atoms with van der Waals surface area (Å²) in [6.07, 6.45) is 2.31. The monoisotopic (exact) mass is 272 g/mol. The third-order valence-electron chi connectivity index (χ3n) is 3.29. The molecule has 0 heterocycles. The molecule has 112 valence electrons. The maximum atomic E-state index is 12.3. The highest BCUT2D eigenvalue weighted by Crippen LogP contribution is 2.42. The van der Waals surface area contributed by atoms with Crippen molar-refractivity contribution in [2.24, 2.45) is 0 Å². The summed E-state index contributed by atoms with van der Waals surface area (Å²) in [7, 11) is 4.02. The van der Waals surface area contributed by atoms with Crippen LogP contribution in [0, 0.1) is 0 Å². The zero-order valence-corrected chi connectivity index (χ0v) is 12.9. The summed E-state index contributed by atoms with van der Waals surface area (Å²) >= 11 is 0. The van der Waals surface area contributed by atoms with Crippen LogP contribution in [0.25, 0.3) is 0 Å². The van der Waals surface area contributed by atoms with E-state index in [1.54, 1.807) is 4.90 Å². The predicted molar refractivity (Wildman–Crippen MR) is 75.2 cm³/mol. The van der Waals surface area contributed by atoms with Crippen molar-refractivity contribution in [3.63, 3.8) is 0 Å². The second-order valence-corrected chi connectivity index (χ2v) is 6.67. The van der Waals surface area contributed by atoms with Gasteiger partial charge in [-0.05, 0) is 60.7 Å². The van der Waals surface area contributed by atoms with E-state index in [-0.39, 0.29) is 18.2 Å². The Labute approximate surface area is 116 Å². The van der Waals surface area contributed by atoms with Crippen LogP contribution in [0.1, 0.15) is 40.0 Å². The van der Waals surface area contributed by atoms with Crippen LogP contribution < -0.4 is 0 Å². The first-order chi connectivity index (χ1) is 8.70. The van der Waals surface area contributed by atoms with Crippen LogP contribution in [0.4, 0.5) is 4.79 Å². The molecule has 0 aromatic rings. The average Bonchev–Trinajstić information content (AvgIpc) is 3.02. The number of amides is 1. The van der Waals surface area contributed by atoms with Crippen molar-refractivity contribution >= 4 is 6.09 Å².